The molecule has 0 amide bonds. The van der Waals surface area contributed by atoms with Crippen molar-refractivity contribution < 1.29 is 0 Å². The molecule has 0 aliphatic heterocycles. The predicted octanol–water partition coefficient (Wildman–Crippen LogP) is 5.50. The minimum atomic E-state index is -0.0738. The van der Waals surface area contributed by atoms with E-state index in [1.807, 2.05) is 40.9 Å². The van der Waals surface area contributed by atoms with Crippen molar-refractivity contribution in [1.82, 2.24) is 10.6 Å². The first-order valence-corrected chi connectivity index (χ1v) is 11.1. The van der Waals surface area contributed by atoms with E-state index in [1.165, 1.54) is 16.7 Å². The Kier molecular flexibility index (Phi) is 12.7. The van der Waals surface area contributed by atoms with E-state index in [1.54, 1.807) is 0 Å². The lowest BCUT2D eigenvalue weighted by molar-refractivity contribution is 0.805. The summed E-state index contributed by atoms with van der Waals surface area (Å²) >= 11 is 0. The molecule has 2 aromatic rings. The van der Waals surface area contributed by atoms with E-state index >= 15 is 0 Å². The molecule has 3 heteroatoms. The summed E-state index contributed by atoms with van der Waals surface area (Å²) in [5.41, 5.74) is 12.3. The molecule has 1 aliphatic rings. The molecule has 3 rings (SSSR count). The standard InChI is InChI=1S/C23H27N3.2C2H6/c1-25-17-21-13-14-22(15-23(21)24)26-16-20-11-9-19(10-12-20)8-7-18-5-3-2-4-6-18;2*1-2/h2-6,9-15,17,23,25-26H,7-8,16,24H2,1H3;2*1-2H3/b21-17-;;. The first-order valence-electron chi connectivity index (χ1n) is 11.1. The van der Waals surface area contributed by atoms with Crippen LogP contribution in [0.4, 0.5) is 0 Å². The van der Waals surface area contributed by atoms with Gasteiger partial charge in [0.25, 0.3) is 0 Å². The summed E-state index contributed by atoms with van der Waals surface area (Å²) in [5, 5.41) is 6.48. The van der Waals surface area contributed by atoms with Crippen molar-refractivity contribution in [2.45, 2.75) is 53.1 Å². The van der Waals surface area contributed by atoms with Crippen LogP contribution < -0.4 is 16.4 Å². The minimum Gasteiger partial charge on any atom is -0.394 e. The summed E-state index contributed by atoms with van der Waals surface area (Å²) in [5.74, 6) is 0. The number of allylic oxidation sites excluding steroid dienone is 1. The lowest BCUT2D eigenvalue weighted by Gasteiger charge is -2.17. The van der Waals surface area contributed by atoms with Crippen LogP contribution in [0.25, 0.3) is 0 Å². The maximum absolute atomic E-state index is 6.15. The fraction of sp³-hybridized carbons (Fsp3) is 0.333. The Balaban J connectivity index is 0.00000106. The summed E-state index contributed by atoms with van der Waals surface area (Å²) in [6.45, 7) is 8.80. The summed E-state index contributed by atoms with van der Waals surface area (Å²) in [4.78, 5) is 0. The van der Waals surface area contributed by atoms with Gasteiger partial charge in [-0.1, -0.05) is 88.4 Å². The fourth-order valence-electron chi connectivity index (χ4n) is 3.03. The van der Waals surface area contributed by atoms with Crippen LogP contribution in [0.1, 0.15) is 44.4 Å². The van der Waals surface area contributed by atoms with E-state index in [4.69, 9.17) is 5.73 Å². The van der Waals surface area contributed by atoms with Crippen molar-refractivity contribution in [3.63, 3.8) is 0 Å². The maximum Gasteiger partial charge on any atom is 0.0518 e. The van der Waals surface area contributed by atoms with Crippen LogP contribution >= 0.6 is 0 Å². The van der Waals surface area contributed by atoms with E-state index in [2.05, 4.69) is 83.5 Å². The predicted molar refractivity (Wildman–Crippen MR) is 132 cm³/mol. The van der Waals surface area contributed by atoms with Gasteiger partial charge in [0.15, 0.2) is 0 Å². The van der Waals surface area contributed by atoms with Gasteiger partial charge in [-0.3, -0.25) is 0 Å². The van der Waals surface area contributed by atoms with Crippen molar-refractivity contribution in [3.8, 4) is 0 Å². The minimum absolute atomic E-state index is 0.0738. The van der Waals surface area contributed by atoms with E-state index in [-0.39, 0.29) is 6.04 Å². The lowest BCUT2D eigenvalue weighted by atomic mass is 10.0. The highest BCUT2D eigenvalue weighted by molar-refractivity contribution is 5.40. The third-order valence-corrected chi connectivity index (χ3v) is 4.58. The number of hydrogen-bond acceptors (Lipinski definition) is 3. The molecule has 0 bridgehead atoms. The molecule has 30 heavy (non-hydrogen) atoms. The summed E-state index contributed by atoms with van der Waals surface area (Å²) in [7, 11) is 1.88. The molecular weight excluding hydrogens is 366 g/mol. The van der Waals surface area contributed by atoms with Crippen LogP contribution in [0.3, 0.4) is 0 Å². The first kappa shape index (κ1) is 25.3. The Morgan fingerprint density at radius 3 is 1.93 bits per heavy atom. The Labute approximate surface area is 183 Å². The second-order valence-corrected chi connectivity index (χ2v) is 6.57. The first-order chi connectivity index (χ1) is 14.7. The smallest absolute Gasteiger partial charge is 0.0518 e. The number of hydrogen-bond donors (Lipinski definition) is 3. The Bertz CT molecular complexity index is 787. The molecule has 0 aromatic heterocycles. The zero-order valence-corrected chi connectivity index (χ0v) is 19.3. The third kappa shape index (κ3) is 8.71. The monoisotopic (exact) mass is 405 g/mol. The van der Waals surface area contributed by atoms with Gasteiger partial charge >= 0.3 is 0 Å². The zero-order chi connectivity index (χ0) is 22.2. The molecular formula is C27H39N3. The van der Waals surface area contributed by atoms with E-state index in [0.29, 0.717) is 0 Å². The van der Waals surface area contributed by atoms with Gasteiger partial charge in [0.1, 0.15) is 0 Å². The lowest BCUT2D eigenvalue weighted by Crippen LogP contribution is -2.26. The van der Waals surface area contributed by atoms with Crippen LogP contribution in [0.2, 0.25) is 0 Å². The largest absolute Gasteiger partial charge is 0.394 e. The normalized spacial score (nSPS) is 15.9. The Morgan fingerprint density at radius 1 is 0.800 bits per heavy atom. The molecule has 1 aliphatic carbocycles. The van der Waals surface area contributed by atoms with E-state index in [9.17, 15) is 0 Å². The van der Waals surface area contributed by atoms with Gasteiger partial charge in [-0.25, -0.2) is 0 Å². The van der Waals surface area contributed by atoms with Gasteiger partial charge in [-0.15, -0.1) is 0 Å². The molecule has 0 saturated carbocycles. The second kappa shape index (κ2) is 15.1. The van der Waals surface area contributed by atoms with Crippen LogP contribution in [0.15, 0.2) is 90.3 Å². The van der Waals surface area contributed by atoms with E-state index in [0.717, 1.165) is 30.7 Å². The molecule has 1 unspecified atom stereocenters. The SMILES string of the molecule is CC.CC.CN/C=C1/C=CC(NCc2ccc(CCc3ccccc3)cc2)=CC1N. The molecule has 3 nitrogen and oxygen atoms in total. The second-order valence-electron chi connectivity index (χ2n) is 6.57. The number of benzene rings is 2. The average molecular weight is 406 g/mol. The summed E-state index contributed by atoms with van der Waals surface area (Å²) < 4.78 is 0. The topological polar surface area (TPSA) is 50.1 Å². The fourth-order valence-corrected chi connectivity index (χ4v) is 3.03. The average Bonchev–Trinajstić information content (AvgIpc) is 2.82. The van der Waals surface area contributed by atoms with Gasteiger partial charge < -0.3 is 16.4 Å². The Morgan fingerprint density at radius 2 is 1.37 bits per heavy atom. The van der Waals surface area contributed by atoms with Crippen LogP contribution in [0, 0.1) is 0 Å². The summed E-state index contributed by atoms with van der Waals surface area (Å²) in [6.07, 6.45) is 10.3. The van der Waals surface area contributed by atoms with Gasteiger partial charge in [-0.05, 0) is 47.3 Å². The zero-order valence-electron chi connectivity index (χ0n) is 19.3. The molecule has 0 saturated heterocycles. The molecule has 0 radical (unpaired) electrons. The third-order valence-electron chi connectivity index (χ3n) is 4.58. The number of aryl methyl sites for hydroxylation is 2. The van der Waals surface area contributed by atoms with Gasteiger partial charge in [0.2, 0.25) is 0 Å². The molecule has 162 valence electrons. The number of rotatable bonds is 7. The maximum atomic E-state index is 6.15. The Hall–Kier alpha value is -2.78. The van der Waals surface area contributed by atoms with Gasteiger partial charge in [-0.2, -0.15) is 0 Å². The van der Waals surface area contributed by atoms with Crippen LogP contribution in [-0.2, 0) is 19.4 Å². The summed E-state index contributed by atoms with van der Waals surface area (Å²) in [6, 6.07) is 19.4. The highest BCUT2D eigenvalue weighted by atomic mass is 14.9. The van der Waals surface area contributed by atoms with Gasteiger partial charge in [0.05, 0.1) is 6.04 Å². The quantitative estimate of drug-likeness (QED) is 0.570. The van der Waals surface area contributed by atoms with E-state index < -0.39 is 0 Å². The highest BCUT2D eigenvalue weighted by Crippen LogP contribution is 2.14. The molecule has 0 fully saturated rings. The van der Waals surface area contributed by atoms with Crippen LogP contribution in [-0.4, -0.2) is 13.1 Å². The van der Waals surface area contributed by atoms with Crippen molar-refractivity contribution in [3.05, 3.63) is 107 Å². The van der Waals surface area contributed by atoms with Crippen molar-refractivity contribution in [2.75, 3.05) is 7.05 Å². The van der Waals surface area contributed by atoms with Gasteiger partial charge in [0, 0.05) is 25.5 Å². The van der Waals surface area contributed by atoms with Crippen molar-refractivity contribution >= 4 is 0 Å². The molecule has 0 heterocycles. The van der Waals surface area contributed by atoms with Crippen molar-refractivity contribution in [1.29, 1.82) is 0 Å². The molecule has 2 aromatic carbocycles. The highest BCUT2D eigenvalue weighted by Gasteiger charge is 2.09. The molecule has 0 spiro atoms. The van der Waals surface area contributed by atoms with Crippen LogP contribution in [0.5, 0.6) is 0 Å². The van der Waals surface area contributed by atoms with Crippen molar-refractivity contribution in [2.24, 2.45) is 5.73 Å². The molecule has 4 N–H and O–H groups in total. The number of nitrogens with one attached hydrogen (secondary N) is 2. The number of nitrogens with two attached hydrogens (primary N) is 1. The molecule has 1 atom stereocenters.